The number of carbonyl (C=O) groups is 1. The van der Waals surface area contributed by atoms with E-state index < -0.39 is 9.84 Å². The number of nitrogens with one attached hydrogen (secondary N) is 1. The third-order valence-corrected chi connectivity index (χ3v) is 4.83. The van der Waals surface area contributed by atoms with Gasteiger partial charge >= 0.3 is 0 Å². The molecule has 0 unspecified atom stereocenters. The summed E-state index contributed by atoms with van der Waals surface area (Å²) in [7, 11) is -3.37. The minimum Gasteiger partial charge on any atom is -0.322 e. The van der Waals surface area contributed by atoms with Gasteiger partial charge in [-0.25, -0.2) is 8.42 Å². The zero-order valence-electron chi connectivity index (χ0n) is 13.7. The highest BCUT2D eigenvalue weighted by Crippen LogP contribution is 2.18. The van der Waals surface area contributed by atoms with E-state index in [2.05, 4.69) is 15.5 Å². The van der Waals surface area contributed by atoms with Crippen molar-refractivity contribution in [3.63, 3.8) is 0 Å². The maximum Gasteiger partial charge on any atom is 0.255 e. The molecule has 3 aromatic rings. The van der Waals surface area contributed by atoms with Crippen molar-refractivity contribution < 1.29 is 13.2 Å². The van der Waals surface area contributed by atoms with Crippen LogP contribution in [0.25, 0.3) is 5.69 Å². The molecule has 0 saturated carbocycles. The molecule has 3 rings (SSSR count). The van der Waals surface area contributed by atoms with E-state index in [-0.39, 0.29) is 10.8 Å². The second-order valence-corrected chi connectivity index (χ2v) is 7.63. The molecule has 1 aromatic heterocycles. The Morgan fingerprint density at radius 1 is 1.04 bits per heavy atom. The van der Waals surface area contributed by atoms with Crippen LogP contribution in [0.1, 0.15) is 15.9 Å². The molecule has 1 heterocycles. The van der Waals surface area contributed by atoms with E-state index in [1.165, 1.54) is 12.1 Å². The average Bonchev–Trinajstić information content (AvgIpc) is 3.09. The molecule has 0 spiro atoms. The number of hydrogen-bond acceptors (Lipinski definition) is 5. The molecule has 0 atom stereocenters. The smallest absolute Gasteiger partial charge is 0.255 e. The summed E-state index contributed by atoms with van der Waals surface area (Å²) in [5.74, 6) is -0.361. The molecule has 0 aliphatic carbocycles. The zero-order chi connectivity index (χ0) is 18.0. The van der Waals surface area contributed by atoms with Crippen LogP contribution in [0.3, 0.4) is 0 Å². The van der Waals surface area contributed by atoms with E-state index in [9.17, 15) is 13.2 Å². The summed E-state index contributed by atoms with van der Waals surface area (Å²) in [5.41, 5.74) is 2.49. The number of amides is 1. The first kappa shape index (κ1) is 16.8. The zero-order valence-corrected chi connectivity index (χ0v) is 14.5. The molecule has 25 heavy (non-hydrogen) atoms. The fraction of sp³-hybridized carbons (Fsp3) is 0.118. The first-order valence-electron chi connectivity index (χ1n) is 7.42. The van der Waals surface area contributed by atoms with E-state index in [0.29, 0.717) is 16.8 Å². The number of rotatable bonds is 4. The Labute approximate surface area is 145 Å². The number of nitrogens with zero attached hydrogens (tertiary/aromatic N) is 3. The van der Waals surface area contributed by atoms with Crippen molar-refractivity contribution in [2.75, 3.05) is 11.6 Å². The van der Waals surface area contributed by atoms with Crippen molar-refractivity contribution >= 4 is 21.4 Å². The van der Waals surface area contributed by atoms with Gasteiger partial charge in [-0.1, -0.05) is 6.07 Å². The first-order valence-corrected chi connectivity index (χ1v) is 9.31. The molecule has 0 aliphatic heterocycles. The van der Waals surface area contributed by atoms with Crippen LogP contribution >= 0.6 is 0 Å². The molecule has 7 nitrogen and oxygen atoms in total. The Morgan fingerprint density at radius 2 is 1.68 bits per heavy atom. The van der Waals surface area contributed by atoms with Crippen LogP contribution in [0, 0.1) is 6.92 Å². The van der Waals surface area contributed by atoms with Gasteiger partial charge in [0.1, 0.15) is 12.7 Å². The molecule has 8 heteroatoms. The highest BCUT2D eigenvalue weighted by Gasteiger charge is 2.14. The summed E-state index contributed by atoms with van der Waals surface area (Å²) in [6.07, 6.45) is 4.27. The molecule has 0 radical (unpaired) electrons. The van der Waals surface area contributed by atoms with Crippen molar-refractivity contribution in [3.8, 4) is 5.69 Å². The Bertz CT molecular complexity index is 1010. The highest BCUT2D eigenvalue weighted by atomic mass is 32.2. The van der Waals surface area contributed by atoms with E-state index in [1.54, 1.807) is 42.3 Å². The van der Waals surface area contributed by atoms with Gasteiger partial charge in [-0.2, -0.15) is 0 Å². The second kappa shape index (κ2) is 6.48. The van der Waals surface area contributed by atoms with Crippen LogP contribution in [0.15, 0.2) is 60.0 Å². The highest BCUT2D eigenvalue weighted by molar-refractivity contribution is 7.90. The average molecular weight is 356 g/mol. The van der Waals surface area contributed by atoms with E-state index in [4.69, 9.17) is 0 Å². The number of benzene rings is 2. The third-order valence-electron chi connectivity index (χ3n) is 3.72. The molecule has 128 valence electrons. The summed E-state index contributed by atoms with van der Waals surface area (Å²) in [6, 6.07) is 11.7. The van der Waals surface area contributed by atoms with Crippen LogP contribution in [0.5, 0.6) is 0 Å². The van der Waals surface area contributed by atoms with Gasteiger partial charge in [-0.3, -0.25) is 9.36 Å². The van der Waals surface area contributed by atoms with Gasteiger partial charge in [0.25, 0.3) is 5.91 Å². The second-order valence-electron chi connectivity index (χ2n) is 5.62. The number of carbonyl (C=O) groups excluding carboxylic acids is 1. The first-order chi connectivity index (χ1) is 11.8. The maximum absolute atomic E-state index is 12.5. The van der Waals surface area contributed by atoms with E-state index >= 15 is 0 Å². The van der Waals surface area contributed by atoms with Crippen LogP contribution in [-0.4, -0.2) is 35.3 Å². The fourth-order valence-electron chi connectivity index (χ4n) is 2.33. The van der Waals surface area contributed by atoms with Crippen LogP contribution < -0.4 is 5.32 Å². The molecule has 1 amide bonds. The Morgan fingerprint density at radius 3 is 2.28 bits per heavy atom. The van der Waals surface area contributed by atoms with Crippen molar-refractivity contribution in [1.29, 1.82) is 0 Å². The molecule has 1 N–H and O–H groups in total. The molecule has 0 fully saturated rings. The summed E-state index contributed by atoms with van der Waals surface area (Å²) in [6.45, 7) is 1.76. The lowest BCUT2D eigenvalue weighted by molar-refractivity contribution is 0.102. The molecule has 0 aliphatic rings. The normalized spacial score (nSPS) is 11.3. The van der Waals surface area contributed by atoms with Crippen molar-refractivity contribution in [2.45, 2.75) is 11.8 Å². The van der Waals surface area contributed by atoms with Gasteiger partial charge < -0.3 is 5.32 Å². The molecular formula is C17H16N4O3S. The standard InChI is InChI=1S/C17H16N4O3S/c1-12-3-8-15(25(2,23)24)9-16(12)17(22)20-13-4-6-14(7-5-13)21-10-18-19-11-21/h3-11H,1-2H3,(H,20,22). The van der Waals surface area contributed by atoms with Gasteiger partial charge in [0, 0.05) is 23.2 Å². The summed E-state index contributed by atoms with van der Waals surface area (Å²) in [5, 5.41) is 10.3. The third kappa shape index (κ3) is 3.74. The number of sulfone groups is 1. The van der Waals surface area contributed by atoms with Gasteiger partial charge in [-0.05, 0) is 48.9 Å². The van der Waals surface area contributed by atoms with Gasteiger partial charge in [-0.15, -0.1) is 10.2 Å². The van der Waals surface area contributed by atoms with Crippen molar-refractivity contribution in [1.82, 2.24) is 14.8 Å². The lowest BCUT2D eigenvalue weighted by atomic mass is 10.1. The lowest BCUT2D eigenvalue weighted by Crippen LogP contribution is -2.14. The van der Waals surface area contributed by atoms with E-state index in [0.717, 1.165) is 11.9 Å². The number of aromatic nitrogens is 3. The number of hydrogen-bond donors (Lipinski definition) is 1. The minimum atomic E-state index is -3.37. The molecule has 2 aromatic carbocycles. The number of aryl methyl sites for hydroxylation is 1. The molecular weight excluding hydrogens is 340 g/mol. The van der Waals surface area contributed by atoms with Gasteiger partial charge in [0.05, 0.1) is 4.90 Å². The Kier molecular flexibility index (Phi) is 4.37. The van der Waals surface area contributed by atoms with Crippen LogP contribution in [0.2, 0.25) is 0 Å². The SMILES string of the molecule is Cc1ccc(S(C)(=O)=O)cc1C(=O)Nc1ccc(-n2cnnc2)cc1. The predicted molar refractivity (Wildman–Crippen MR) is 93.6 cm³/mol. The molecule has 0 bridgehead atoms. The van der Waals surface area contributed by atoms with Crippen molar-refractivity contribution in [2.24, 2.45) is 0 Å². The summed E-state index contributed by atoms with van der Waals surface area (Å²) < 4.78 is 25.1. The minimum absolute atomic E-state index is 0.117. The quantitative estimate of drug-likeness (QED) is 0.774. The maximum atomic E-state index is 12.5. The van der Waals surface area contributed by atoms with E-state index in [1.807, 2.05) is 12.1 Å². The van der Waals surface area contributed by atoms with Gasteiger partial charge in [0.2, 0.25) is 0 Å². The largest absolute Gasteiger partial charge is 0.322 e. The molecule has 0 saturated heterocycles. The van der Waals surface area contributed by atoms with Crippen LogP contribution in [0.4, 0.5) is 5.69 Å². The Hall–Kier alpha value is -3.00. The monoisotopic (exact) mass is 356 g/mol. The Balaban J connectivity index is 1.83. The predicted octanol–water partition coefficient (Wildman–Crippen LogP) is 2.23. The number of anilines is 1. The van der Waals surface area contributed by atoms with Crippen LogP contribution in [-0.2, 0) is 9.84 Å². The summed E-state index contributed by atoms with van der Waals surface area (Å²) in [4.78, 5) is 12.6. The lowest BCUT2D eigenvalue weighted by Gasteiger charge is -2.10. The summed E-state index contributed by atoms with van der Waals surface area (Å²) >= 11 is 0. The topological polar surface area (TPSA) is 94.0 Å². The van der Waals surface area contributed by atoms with Crippen molar-refractivity contribution in [3.05, 3.63) is 66.2 Å². The van der Waals surface area contributed by atoms with Gasteiger partial charge in [0.15, 0.2) is 9.84 Å². The fourth-order valence-corrected chi connectivity index (χ4v) is 2.97.